The molecule has 0 aliphatic carbocycles. The zero-order valence-corrected chi connectivity index (χ0v) is 11.8. The third-order valence-corrected chi connectivity index (χ3v) is 2.35. The van der Waals surface area contributed by atoms with Crippen LogP contribution in [0.1, 0.15) is 47.5 Å². The van der Waals surface area contributed by atoms with Crippen molar-refractivity contribution in [2.24, 2.45) is 0 Å². The third-order valence-electron chi connectivity index (χ3n) is 2.35. The van der Waals surface area contributed by atoms with Gasteiger partial charge in [0.1, 0.15) is 6.04 Å². The van der Waals surface area contributed by atoms with E-state index in [4.69, 9.17) is 9.47 Å². The first-order chi connectivity index (χ1) is 8.01. The SMILES string of the molecule is CCCC(C)OCC(NC(C)C)C(=O)OCC. The number of carbonyl (C=O) groups excluding carboxylic acids is 1. The molecule has 102 valence electrons. The topological polar surface area (TPSA) is 47.6 Å². The van der Waals surface area contributed by atoms with Gasteiger partial charge >= 0.3 is 5.97 Å². The van der Waals surface area contributed by atoms with E-state index in [1.54, 1.807) is 0 Å². The predicted molar refractivity (Wildman–Crippen MR) is 69.0 cm³/mol. The molecule has 0 bridgehead atoms. The van der Waals surface area contributed by atoms with Crippen LogP contribution in [0.4, 0.5) is 0 Å². The van der Waals surface area contributed by atoms with E-state index < -0.39 is 0 Å². The fraction of sp³-hybridized carbons (Fsp3) is 0.923. The lowest BCUT2D eigenvalue weighted by Gasteiger charge is -2.21. The average molecular weight is 245 g/mol. The number of hydrogen-bond donors (Lipinski definition) is 1. The molecule has 0 rings (SSSR count). The molecule has 0 saturated carbocycles. The number of hydrogen-bond acceptors (Lipinski definition) is 4. The molecule has 0 fully saturated rings. The Kier molecular flexibility index (Phi) is 9.09. The molecule has 0 heterocycles. The number of rotatable bonds is 9. The maximum atomic E-state index is 11.7. The van der Waals surface area contributed by atoms with Crippen molar-refractivity contribution >= 4 is 5.97 Å². The van der Waals surface area contributed by atoms with E-state index in [0.29, 0.717) is 13.2 Å². The van der Waals surface area contributed by atoms with Crippen LogP contribution in [0.3, 0.4) is 0 Å². The van der Waals surface area contributed by atoms with E-state index in [9.17, 15) is 4.79 Å². The Morgan fingerprint density at radius 2 is 1.88 bits per heavy atom. The summed E-state index contributed by atoms with van der Waals surface area (Å²) in [5, 5.41) is 3.16. The van der Waals surface area contributed by atoms with Gasteiger partial charge in [-0.3, -0.25) is 4.79 Å². The maximum absolute atomic E-state index is 11.7. The summed E-state index contributed by atoms with van der Waals surface area (Å²) in [5.41, 5.74) is 0. The summed E-state index contributed by atoms with van der Waals surface area (Å²) in [5.74, 6) is -0.232. The largest absolute Gasteiger partial charge is 0.465 e. The van der Waals surface area contributed by atoms with Gasteiger partial charge in [0.25, 0.3) is 0 Å². The maximum Gasteiger partial charge on any atom is 0.325 e. The van der Waals surface area contributed by atoms with Gasteiger partial charge in [-0.2, -0.15) is 0 Å². The van der Waals surface area contributed by atoms with Crippen molar-refractivity contribution in [2.45, 2.75) is 65.6 Å². The molecule has 0 aromatic carbocycles. The van der Waals surface area contributed by atoms with Crippen LogP contribution >= 0.6 is 0 Å². The Balaban J connectivity index is 4.14. The molecular weight excluding hydrogens is 218 g/mol. The summed E-state index contributed by atoms with van der Waals surface area (Å²) >= 11 is 0. The van der Waals surface area contributed by atoms with Crippen LogP contribution in [-0.2, 0) is 14.3 Å². The number of nitrogens with one attached hydrogen (secondary N) is 1. The third kappa shape index (κ3) is 8.16. The van der Waals surface area contributed by atoms with Gasteiger partial charge in [0.15, 0.2) is 0 Å². The highest BCUT2D eigenvalue weighted by Gasteiger charge is 2.21. The summed E-state index contributed by atoms with van der Waals surface area (Å²) in [6, 6.07) is -0.135. The van der Waals surface area contributed by atoms with Crippen molar-refractivity contribution in [2.75, 3.05) is 13.2 Å². The first-order valence-electron chi connectivity index (χ1n) is 6.55. The second-order valence-electron chi connectivity index (χ2n) is 4.56. The minimum Gasteiger partial charge on any atom is -0.465 e. The standard InChI is InChI=1S/C13H27NO3/c1-6-8-11(5)17-9-12(14-10(3)4)13(15)16-7-2/h10-12,14H,6-9H2,1-5H3. The van der Waals surface area contributed by atoms with Gasteiger partial charge in [0.05, 0.1) is 19.3 Å². The Labute approximate surface area is 105 Å². The molecule has 17 heavy (non-hydrogen) atoms. The summed E-state index contributed by atoms with van der Waals surface area (Å²) in [4.78, 5) is 11.7. The first kappa shape index (κ1) is 16.4. The fourth-order valence-electron chi connectivity index (χ4n) is 1.58. The van der Waals surface area contributed by atoms with Crippen LogP contribution in [0.5, 0.6) is 0 Å². The highest BCUT2D eigenvalue weighted by Crippen LogP contribution is 2.03. The molecule has 0 saturated heterocycles. The summed E-state index contributed by atoms with van der Waals surface area (Å²) in [7, 11) is 0. The van der Waals surface area contributed by atoms with E-state index in [1.807, 2.05) is 27.7 Å². The van der Waals surface area contributed by atoms with Gasteiger partial charge in [0, 0.05) is 6.04 Å². The molecule has 2 atom stereocenters. The molecule has 1 N–H and O–H groups in total. The van der Waals surface area contributed by atoms with Crippen molar-refractivity contribution in [3.05, 3.63) is 0 Å². The molecule has 0 radical (unpaired) electrons. The molecule has 0 spiro atoms. The smallest absolute Gasteiger partial charge is 0.325 e. The van der Waals surface area contributed by atoms with Gasteiger partial charge in [-0.05, 0) is 20.3 Å². The number of ether oxygens (including phenoxy) is 2. The van der Waals surface area contributed by atoms with E-state index in [1.165, 1.54) is 0 Å². The average Bonchev–Trinajstić information content (AvgIpc) is 2.24. The van der Waals surface area contributed by atoms with Gasteiger partial charge in [0.2, 0.25) is 0 Å². The lowest BCUT2D eigenvalue weighted by atomic mass is 10.2. The lowest BCUT2D eigenvalue weighted by molar-refractivity contribution is -0.148. The molecule has 4 nitrogen and oxygen atoms in total. The van der Waals surface area contributed by atoms with E-state index in [-0.39, 0.29) is 24.2 Å². The van der Waals surface area contributed by atoms with Gasteiger partial charge in [-0.1, -0.05) is 27.2 Å². The van der Waals surface area contributed by atoms with Crippen molar-refractivity contribution < 1.29 is 14.3 Å². The van der Waals surface area contributed by atoms with E-state index in [0.717, 1.165) is 12.8 Å². The quantitative estimate of drug-likeness (QED) is 0.632. The molecule has 4 heteroatoms. The van der Waals surface area contributed by atoms with Crippen molar-refractivity contribution in [3.63, 3.8) is 0 Å². The van der Waals surface area contributed by atoms with E-state index >= 15 is 0 Å². The van der Waals surface area contributed by atoms with Crippen LogP contribution in [0, 0.1) is 0 Å². The van der Waals surface area contributed by atoms with Crippen LogP contribution in [0.2, 0.25) is 0 Å². The fourth-order valence-corrected chi connectivity index (χ4v) is 1.58. The monoisotopic (exact) mass is 245 g/mol. The molecule has 0 aromatic heterocycles. The zero-order chi connectivity index (χ0) is 13.3. The van der Waals surface area contributed by atoms with Gasteiger partial charge < -0.3 is 14.8 Å². The van der Waals surface area contributed by atoms with Crippen molar-refractivity contribution in [1.29, 1.82) is 0 Å². The van der Waals surface area contributed by atoms with Crippen molar-refractivity contribution in [3.8, 4) is 0 Å². The van der Waals surface area contributed by atoms with Gasteiger partial charge in [-0.15, -0.1) is 0 Å². The van der Waals surface area contributed by atoms with E-state index in [2.05, 4.69) is 12.2 Å². The molecule has 2 unspecified atom stereocenters. The zero-order valence-electron chi connectivity index (χ0n) is 11.8. The minimum atomic E-state index is -0.366. The van der Waals surface area contributed by atoms with Crippen LogP contribution in [0.25, 0.3) is 0 Å². The van der Waals surface area contributed by atoms with Crippen LogP contribution in [-0.4, -0.2) is 37.4 Å². The summed E-state index contributed by atoms with van der Waals surface area (Å²) in [6.07, 6.45) is 2.28. The van der Waals surface area contributed by atoms with Crippen molar-refractivity contribution in [1.82, 2.24) is 5.32 Å². The molecule has 0 aliphatic rings. The second-order valence-corrected chi connectivity index (χ2v) is 4.56. The number of esters is 1. The predicted octanol–water partition coefficient (Wildman–Crippen LogP) is 2.12. The number of carbonyl (C=O) groups is 1. The Bertz CT molecular complexity index is 207. The normalized spacial score (nSPS) is 14.7. The molecule has 0 amide bonds. The molecule has 0 aliphatic heterocycles. The summed E-state index contributed by atoms with van der Waals surface area (Å²) < 4.78 is 10.7. The van der Waals surface area contributed by atoms with Gasteiger partial charge in [-0.25, -0.2) is 0 Å². The highest BCUT2D eigenvalue weighted by molar-refractivity contribution is 5.75. The molecule has 0 aromatic rings. The first-order valence-corrected chi connectivity index (χ1v) is 6.55. The van der Waals surface area contributed by atoms with Crippen LogP contribution in [0.15, 0.2) is 0 Å². The second kappa shape index (κ2) is 9.42. The Morgan fingerprint density at radius 3 is 2.35 bits per heavy atom. The lowest BCUT2D eigenvalue weighted by Crippen LogP contribution is -2.45. The highest BCUT2D eigenvalue weighted by atomic mass is 16.5. The summed E-state index contributed by atoms with van der Waals surface area (Å²) in [6.45, 7) is 10.7. The minimum absolute atomic E-state index is 0.186. The Morgan fingerprint density at radius 1 is 1.24 bits per heavy atom. The molecular formula is C13H27NO3. The van der Waals surface area contributed by atoms with Crippen LogP contribution < -0.4 is 5.32 Å². The Hall–Kier alpha value is -0.610.